The minimum atomic E-state index is -0.242. The fraction of sp³-hybridized carbons (Fsp3) is 0.636. The van der Waals surface area contributed by atoms with E-state index in [1.165, 1.54) is 0 Å². The van der Waals surface area contributed by atoms with Crippen molar-refractivity contribution in [3.63, 3.8) is 0 Å². The van der Waals surface area contributed by atoms with Crippen molar-refractivity contribution in [1.82, 2.24) is 20.2 Å². The Balaban J connectivity index is 1.67. The number of carbonyl (C=O) groups excluding carboxylic acids is 1. The van der Waals surface area contributed by atoms with Crippen LogP contribution in [0.15, 0.2) is 12.5 Å². The molecule has 1 aliphatic rings. The fourth-order valence-electron chi connectivity index (χ4n) is 2.15. The number of likely N-dealkylation sites (tertiary alicyclic amines) is 1. The predicted octanol–water partition coefficient (Wildman–Crippen LogP) is -0.551. The van der Waals surface area contributed by atoms with Crippen LogP contribution in [0.5, 0.6) is 0 Å². The largest absolute Gasteiger partial charge is 0.369 e. The average Bonchev–Trinajstić information content (AvgIpc) is 2.80. The van der Waals surface area contributed by atoms with Gasteiger partial charge < -0.3 is 16.0 Å². The third-order valence-corrected chi connectivity index (χ3v) is 3.10. The first-order valence-electron chi connectivity index (χ1n) is 5.95. The summed E-state index contributed by atoms with van der Waals surface area (Å²) in [4.78, 5) is 19.9. The van der Waals surface area contributed by atoms with Crippen LogP contribution in [0.25, 0.3) is 0 Å². The van der Waals surface area contributed by atoms with E-state index in [0.29, 0.717) is 12.6 Å². The molecule has 0 saturated carbocycles. The number of H-pyrrole nitrogens is 1. The van der Waals surface area contributed by atoms with Gasteiger partial charge in [0, 0.05) is 37.6 Å². The van der Waals surface area contributed by atoms with Gasteiger partial charge in [-0.15, -0.1) is 0 Å². The van der Waals surface area contributed by atoms with E-state index in [-0.39, 0.29) is 5.91 Å². The molecule has 1 aliphatic heterocycles. The van der Waals surface area contributed by atoms with Crippen LogP contribution in [0, 0.1) is 0 Å². The van der Waals surface area contributed by atoms with Gasteiger partial charge in [-0.1, -0.05) is 0 Å². The summed E-state index contributed by atoms with van der Waals surface area (Å²) in [5.41, 5.74) is 6.27. The number of nitrogens with one attached hydrogen (secondary N) is 2. The summed E-state index contributed by atoms with van der Waals surface area (Å²) in [6.07, 6.45) is 5.63. The number of nitrogens with two attached hydrogens (primary N) is 1. The number of carbonyl (C=O) groups is 1. The zero-order valence-corrected chi connectivity index (χ0v) is 9.85. The minimum Gasteiger partial charge on any atom is -0.369 e. The summed E-state index contributed by atoms with van der Waals surface area (Å²) in [7, 11) is 0. The van der Waals surface area contributed by atoms with Gasteiger partial charge in [-0.25, -0.2) is 4.98 Å². The Morgan fingerprint density at radius 1 is 1.59 bits per heavy atom. The lowest BCUT2D eigenvalue weighted by atomic mass is 10.1. The van der Waals surface area contributed by atoms with Crippen LogP contribution in [-0.2, 0) is 11.3 Å². The summed E-state index contributed by atoms with van der Waals surface area (Å²) in [5.74, 6) is -0.242. The fourth-order valence-corrected chi connectivity index (χ4v) is 2.15. The summed E-state index contributed by atoms with van der Waals surface area (Å²) < 4.78 is 0. The minimum absolute atomic E-state index is 0.242. The van der Waals surface area contributed by atoms with Gasteiger partial charge in [0.1, 0.15) is 0 Å². The molecule has 6 heteroatoms. The van der Waals surface area contributed by atoms with Crippen LogP contribution in [0.2, 0.25) is 0 Å². The second-order valence-electron chi connectivity index (χ2n) is 4.47. The van der Waals surface area contributed by atoms with E-state index in [4.69, 9.17) is 5.73 Å². The highest BCUT2D eigenvalue weighted by molar-refractivity contribution is 5.75. The van der Waals surface area contributed by atoms with Crippen molar-refractivity contribution in [2.24, 2.45) is 5.73 Å². The maximum absolute atomic E-state index is 10.8. The van der Waals surface area contributed by atoms with Gasteiger partial charge in [0.2, 0.25) is 5.91 Å². The first-order valence-corrected chi connectivity index (χ1v) is 5.95. The molecule has 4 N–H and O–H groups in total. The van der Waals surface area contributed by atoms with E-state index in [1.54, 1.807) is 6.33 Å². The second-order valence-corrected chi connectivity index (χ2v) is 4.47. The second kappa shape index (κ2) is 5.79. The molecule has 0 aliphatic carbocycles. The van der Waals surface area contributed by atoms with Crippen molar-refractivity contribution < 1.29 is 4.79 Å². The lowest BCUT2D eigenvalue weighted by Gasteiger charge is -2.31. The number of nitrogens with zero attached hydrogens (tertiary/aromatic N) is 2. The summed E-state index contributed by atoms with van der Waals surface area (Å²) in [5, 5.41) is 3.48. The number of primary amides is 1. The molecule has 94 valence electrons. The van der Waals surface area contributed by atoms with Crippen LogP contribution >= 0.6 is 0 Å². The number of hydrogen-bond acceptors (Lipinski definition) is 4. The van der Waals surface area contributed by atoms with Crippen molar-refractivity contribution in [1.29, 1.82) is 0 Å². The highest BCUT2D eigenvalue weighted by Crippen LogP contribution is 2.10. The van der Waals surface area contributed by atoms with E-state index in [9.17, 15) is 4.79 Å². The normalized spacial score (nSPS) is 18.4. The highest BCUT2D eigenvalue weighted by Gasteiger charge is 2.19. The van der Waals surface area contributed by atoms with E-state index in [0.717, 1.165) is 38.2 Å². The quantitative estimate of drug-likeness (QED) is 0.641. The molecule has 1 saturated heterocycles. The molecule has 0 unspecified atom stereocenters. The Kier molecular flexibility index (Phi) is 4.11. The van der Waals surface area contributed by atoms with Crippen molar-refractivity contribution in [3.05, 3.63) is 18.2 Å². The topological polar surface area (TPSA) is 87.0 Å². The van der Waals surface area contributed by atoms with Crippen molar-refractivity contribution in [2.75, 3.05) is 19.6 Å². The van der Waals surface area contributed by atoms with Gasteiger partial charge in [-0.2, -0.15) is 0 Å². The van der Waals surface area contributed by atoms with Crippen LogP contribution in [-0.4, -0.2) is 46.5 Å². The molecule has 1 aromatic heterocycles. The van der Waals surface area contributed by atoms with Crippen LogP contribution in [0.1, 0.15) is 18.5 Å². The molecule has 2 heterocycles. The van der Waals surface area contributed by atoms with Gasteiger partial charge in [0.05, 0.1) is 12.9 Å². The third-order valence-electron chi connectivity index (χ3n) is 3.10. The Morgan fingerprint density at radius 3 is 2.94 bits per heavy atom. The smallest absolute Gasteiger partial charge is 0.231 e. The molecule has 0 radical (unpaired) electrons. The molecule has 0 spiro atoms. The Labute approximate surface area is 101 Å². The van der Waals surface area contributed by atoms with Crippen LogP contribution < -0.4 is 11.1 Å². The molecule has 1 amide bonds. The van der Waals surface area contributed by atoms with Crippen molar-refractivity contribution in [3.8, 4) is 0 Å². The summed E-state index contributed by atoms with van der Waals surface area (Å²) in [6.45, 7) is 3.07. The van der Waals surface area contributed by atoms with E-state index in [1.807, 2.05) is 6.20 Å². The molecule has 0 bridgehead atoms. The van der Waals surface area contributed by atoms with Crippen LogP contribution in [0.4, 0.5) is 0 Å². The van der Waals surface area contributed by atoms with Crippen molar-refractivity contribution >= 4 is 5.91 Å². The predicted molar refractivity (Wildman–Crippen MR) is 64.1 cm³/mol. The molecule has 2 rings (SSSR count). The van der Waals surface area contributed by atoms with E-state index < -0.39 is 0 Å². The monoisotopic (exact) mass is 237 g/mol. The average molecular weight is 237 g/mol. The number of piperidine rings is 1. The Bertz CT molecular complexity index is 343. The summed E-state index contributed by atoms with van der Waals surface area (Å²) in [6, 6.07) is 0.516. The first kappa shape index (κ1) is 12.1. The van der Waals surface area contributed by atoms with Gasteiger partial charge in [0.25, 0.3) is 0 Å². The lowest BCUT2D eigenvalue weighted by molar-refractivity contribution is -0.119. The molecular weight excluding hydrogens is 218 g/mol. The molecule has 0 atom stereocenters. The maximum Gasteiger partial charge on any atom is 0.231 e. The van der Waals surface area contributed by atoms with Gasteiger partial charge >= 0.3 is 0 Å². The van der Waals surface area contributed by atoms with Crippen LogP contribution in [0.3, 0.4) is 0 Å². The third kappa shape index (κ3) is 3.83. The first-order chi connectivity index (χ1) is 8.24. The van der Waals surface area contributed by atoms with Crippen molar-refractivity contribution in [2.45, 2.75) is 25.4 Å². The SMILES string of the molecule is NC(=O)CN1CCC(NCc2cnc[nH]2)CC1. The molecule has 1 fully saturated rings. The van der Waals surface area contributed by atoms with E-state index in [2.05, 4.69) is 20.2 Å². The number of amides is 1. The Hall–Kier alpha value is -1.40. The zero-order chi connectivity index (χ0) is 12.1. The lowest BCUT2D eigenvalue weighted by Crippen LogP contribution is -2.45. The number of aromatic amines is 1. The van der Waals surface area contributed by atoms with Gasteiger partial charge in [0.15, 0.2) is 0 Å². The standard InChI is InChI=1S/C11H19N5O/c12-11(17)7-16-3-1-9(2-4-16)14-6-10-5-13-8-15-10/h5,8-9,14H,1-4,6-7H2,(H2,12,17)(H,13,15). The number of rotatable bonds is 5. The summed E-state index contributed by atoms with van der Waals surface area (Å²) >= 11 is 0. The maximum atomic E-state index is 10.8. The number of hydrogen-bond donors (Lipinski definition) is 3. The molecule has 17 heavy (non-hydrogen) atoms. The molecule has 1 aromatic rings. The molecule has 0 aromatic carbocycles. The molecular formula is C11H19N5O. The van der Waals surface area contributed by atoms with Gasteiger partial charge in [-0.3, -0.25) is 9.69 Å². The molecule has 6 nitrogen and oxygen atoms in total. The zero-order valence-electron chi connectivity index (χ0n) is 9.85. The Morgan fingerprint density at radius 2 is 2.35 bits per heavy atom. The number of aromatic nitrogens is 2. The number of imidazole rings is 1. The van der Waals surface area contributed by atoms with E-state index >= 15 is 0 Å². The van der Waals surface area contributed by atoms with Gasteiger partial charge in [-0.05, 0) is 12.8 Å². The highest BCUT2D eigenvalue weighted by atomic mass is 16.1.